The van der Waals surface area contributed by atoms with Crippen molar-refractivity contribution in [3.8, 4) is 11.3 Å². The van der Waals surface area contributed by atoms with Gasteiger partial charge in [-0.1, -0.05) is 12.1 Å². The van der Waals surface area contributed by atoms with Gasteiger partial charge in [0.15, 0.2) is 5.13 Å². The molecule has 0 spiro atoms. The molecular weight excluding hydrogens is 254 g/mol. The van der Waals surface area contributed by atoms with Crippen LogP contribution in [0.15, 0.2) is 23.6 Å². The van der Waals surface area contributed by atoms with Crippen LogP contribution in [-0.2, 0) is 0 Å². The predicted molar refractivity (Wildman–Crippen MR) is 81.5 cm³/mol. The van der Waals surface area contributed by atoms with Crippen LogP contribution in [0.1, 0.15) is 16.8 Å². The Labute approximate surface area is 116 Å². The van der Waals surface area contributed by atoms with E-state index in [1.54, 1.807) is 0 Å². The molecule has 2 heterocycles. The Morgan fingerprint density at radius 3 is 2.58 bits per heavy atom. The molecule has 19 heavy (non-hydrogen) atoms. The maximum Gasteiger partial charge on any atom is 0.180 e. The van der Waals surface area contributed by atoms with Crippen molar-refractivity contribution in [1.82, 2.24) is 9.97 Å². The molecule has 3 nitrogen and oxygen atoms in total. The van der Waals surface area contributed by atoms with E-state index < -0.39 is 0 Å². The van der Waals surface area contributed by atoms with E-state index in [1.807, 2.05) is 12.3 Å². The van der Waals surface area contributed by atoms with E-state index in [1.165, 1.54) is 22.5 Å². The number of hydrogen-bond donors (Lipinski definition) is 1. The van der Waals surface area contributed by atoms with Gasteiger partial charge >= 0.3 is 0 Å². The monoisotopic (exact) mass is 269 g/mol. The highest BCUT2D eigenvalue weighted by Crippen LogP contribution is 2.32. The van der Waals surface area contributed by atoms with E-state index in [9.17, 15) is 0 Å². The first kappa shape index (κ1) is 12.1. The highest BCUT2D eigenvalue weighted by Gasteiger charge is 2.11. The SMILES string of the molecule is Cc1cc(-c2csc(N)n2)c2ccc(C)c(C)c2n1. The van der Waals surface area contributed by atoms with Crippen molar-refractivity contribution in [2.24, 2.45) is 0 Å². The van der Waals surface area contributed by atoms with Crippen LogP contribution in [-0.4, -0.2) is 9.97 Å². The summed E-state index contributed by atoms with van der Waals surface area (Å²) >= 11 is 1.47. The van der Waals surface area contributed by atoms with Crippen molar-refractivity contribution in [2.45, 2.75) is 20.8 Å². The van der Waals surface area contributed by atoms with Gasteiger partial charge in [-0.25, -0.2) is 4.98 Å². The number of nitrogen functional groups attached to an aromatic ring is 1. The Bertz CT molecular complexity index is 774. The Morgan fingerprint density at radius 1 is 1.11 bits per heavy atom. The molecular formula is C15H15N3S. The number of aryl methyl sites for hydroxylation is 3. The molecule has 0 aliphatic rings. The molecule has 0 saturated carbocycles. The van der Waals surface area contributed by atoms with Gasteiger partial charge in [0.05, 0.1) is 11.2 Å². The molecule has 2 N–H and O–H groups in total. The molecule has 0 saturated heterocycles. The lowest BCUT2D eigenvalue weighted by Crippen LogP contribution is -1.93. The third kappa shape index (κ3) is 1.98. The Morgan fingerprint density at radius 2 is 1.89 bits per heavy atom. The molecule has 96 valence electrons. The van der Waals surface area contributed by atoms with Gasteiger partial charge in [-0.05, 0) is 38.0 Å². The van der Waals surface area contributed by atoms with Crippen molar-refractivity contribution in [3.63, 3.8) is 0 Å². The molecule has 2 aromatic heterocycles. The summed E-state index contributed by atoms with van der Waals surface area (Å²) in [5.74, 6) is 0. The Balaban J connectivity index is 2.39. The molecule has 3 rings (SSSR count). The van der Waals surface area contributed by atoms with Crippen molar-refractivity contribution < 1.29 is 0 Å². The molecule has 0 atom stereocenters. The van der Waals surface area contributed by atoms with Crippen LogP contribution in [0.3, 0.4) is 0 Å². The van der Waals surface area contributed by atoms with E-state index in [-0.39, 0.29) is 0 Å². The van der Waals surface area contributed by atoms with E-state index in [4.69, 9.17) is 5.73 Å². The van der Waals surface area contributed by atoms with Crippen LogP contribution >= 0.6 is 11.3 Å². The van der Waals surface area contributed by atoms with Gasteiger partial charge in [-0.3, -0.25) is 4.98 Å². The van der Waals surface area contributed by atoms with E-state index in [0.717, 1.165) is 27.9 Å². The van der Waals surface area contributed by atoms with Gasteiger partial charge in [0, 0.05) is 22.0 Å². The molecule has 0 amide bonds. The fraction of sp³-hybridized carbons (Fsp3) is 0.200. The molecule has 0 radical (unpaired) electrons. The summed E-state index contributed by atoms with van der Waals surface area (Å²) in [4.78, 5) is 9.07. The second-order valence-electron chi connectivity index (χ2n) is 4.79. The first-order valence-corrected chi connectivity index (χ1v) is 7.03. The quantitative estimate of drug-likeness (QED) is 0.729. The van der Waals surface area contributed by atoms with Crippen molar-refractivity contribution in [2.75, 3.05) is 5.73 Å². The summed E-state index contributed by atoms with van der Waals surface area (Å²) in [6.45, 7) is 6.24. The van der Waals surface area contributed by atoms with Crippen LogP contribution < -0.4 is 5.73 Å². The zero-order chi connectivity index (χ0) is 13.6. The minimum atomic E-state index is 0.599. The van der Waals surface area contributed by atoms with Crippen molar-refractivity contribution in [1.29, 1.82) is 0 Å². The summed E-state index contributed by atoms with van der Waals surface area (Å²) in [6.07, 6.45) is 0. The van der Waals surface area contributed by atoms with Gasteiger partial charge < -0.3 is 5.73 Å². The number of fused-ring (bicyclic) bond motifs is 1. The summed E-state index contributed by atoms with van der Waals surface area (Å²) in [7, 11) is 0. The number of hydrogen-bond acceptors (Lipinski definition) is 4. The van der Waals surface area contributed by atoms with Crippen LogP contribution in [0.25, 0.3) is 22.2 Å². The van der Waals surface area contributed by atoms with Crippen molar-refractivity contribution in [3.05, 3.63) is 40.4 Å². The summed E-state index contributed by atoms with van der Waals surface area (Å²) < 4.78 is 0. The average molecular weight is 269 g/mol. The lowest BCUT2D eigenvalue weighted by atomic mass is 10.00. The summed E-state index contributed by atoms with van der Waals surface area (Å²) in [5, 5.41) is 3.74. The molecule has 4 heteroatoms. The Hall–Kier alpha value is -1.94. The third-order valence-electron chi connectivity index (χ3n) is 3.43. The normalized spacial score (nSPS) is 11.1. The highest BCUT2D eigenvalue weighted by molar-refractivity contribution is 7.13. The van der Waals surface area contributed by atoms with Crippen LogP contribution in [0.5, 0.6) is 0 Å². The van der Waals surface area contributed by atoms with Crippen LogP contribution in [0.4, 0.5) is 5.13 Å². The number of pyridine rings is 1. The van der Waals surface area contributed by atoms with Crippen LogP contribution in [0.2, 0.25) is 0 Å². The van der Waals surface area contributed by atoms with E-state index in [0.29, 0.717) is 5.13 Å². The van der Waals surface area contributed by atoms with Gasteiger partial charge in [0.2, 0.25) is 0 Å². The molecule has 0 aliphatic heterocycles. The number of thiazole rings is 1. The molecule has 0 unspecified atom stereocenters. The van der Waals surface area contributed by atoms with Crippen LogP contribution in [0, 0.1) is 20.8 Å². The third-order valence-corrected chi connectivity index (χ3v) is 4.11. The summed E-state index contributed by atoms with van der Waals surface area (Å²) in [6, 6.07) is 6.33. The van der Waals surface area contributed by atoms with Crippen molar-refractivity contribution >= 4 is 27.4 Å². The topological polar surface area (TPSA) is 51.8 Å². The number of benzene rings is 1. The number of rotatable bonds is 1. The van der Waals surface area contributed by atoms with Gasteiger partial charge in [-0.2, -0.15) is 0 Å². The van der Waals surface area contributed by atoms with E-state index >= 15 is 0 Å². The fourth-order valence-corrected chi connectivity index (χ4v) is 2.84. The average Bonchev–Trinajstić information content (AvgIpc) is 2.80. The molecule has 0 fully saturated rings. The van der Waals surface area contributed by atoms with Gasteiger partial charge in [-0.15, -0.1) is 11.3 Å². The Kier molecular flexibility index (Phi) is 2.75. The standard InChI is InChI=1S/C15H15N3S/c1-8-4-5-11-12(13-7-19-15(16)18-13)6-9(2)17-14(11)10(8)3/h4-7H,1-3H3,(H2,16,18). The smallest absolute Gasteiger partial charge is 0.180 e. The first-order chi connectivity index (χ1) is 9.06. The lowest BCUT2D eigenvalue weighted by molar-refractivity contribution is 1.22. The minimum absolute atomic E-state index is 0.599. The maximum atomic E-state index is 5.74. The number of aromatic nitrogens is 2. The summed E-state index contributed by atoms with van der Waals surface area (Å²) in [5.41, 5.74) is 12.3. The second kappa shape index (κ2) is 4.31. The largest absolute Gasteiger partial charge is 0.375 e. The minimum Gasteiger partial charge on any atom is -0.375 e. The molecule has 0 aliphatic carbocycles. The number of anilines is 1. The zero-order valence-electron chi connectivity index (χ0n) is 11.2. The van der Waals surface area contributed by atoms with E-state index in [2.05, 4.69) is 42.0 Å². The highest BCUT2D eigenvalue weighted by atomic mass is 32.1. The maximum absolute atomic E-state index is 5.74. The molecule has 1 aromatic carbocycles. The number of nitrogens with two attached hydrogens (primary N) is 1. The molecule has 3 aromatic rings. The van der Waals surface area contributed by atoms with Gasteiger partial charge in [0.1, 0.15) is 0 Å². The predicted octanol–water partition coefficient (Wildman–Crippen LogP) is 3.87. The van der Waals surface area contributed by atoms with Gasteiger partial charge in [0.25, 0.3) is 0 Å². The fourth-order valence-electron chi connectivity index (χ4n) is 2.28. The molecule has 0 bridgehead atoms. The second-order valence-corrected chi connectivity index (χ2v) is 5.68. The first-order valence-electron chi connectivity index (χ1n) is 6.15. The number of nitrogens with zero attached hydrogens (tertiary/aromatic N) is 2. The lowest BCUT2D eigenvalue weighted by Gasteiger charge is -2.10. The zero-order valence-corrected chi connectivity index (χ0v) is 12.0.